The number of aryl methyl sites for hydroxylation is 1. The van der Waals surface area contributed by atoms with Gasteiger partial charge in [-0.15, -0.1) is 0 Å². The number of Topliss-reactive ketones (excluding diaryl/α,β-unsaturated/α-hetero) is 1. The number of carbonyl (C=O) groups excluding carboxylic acids is 2. The number of carbonyl (C=O) groups is 2. The van der Waals surface area contributed by atoms with Crippen molar-refractivity contribution in [1.82, 2.24) is 0 Å². The number of para-hydroxylation sites is 2. The van der Waals surface area contributed by atoms with Crippen LogP contribution in [0.2, 0.25) is 5.02 Å². The molecule has 0 fully saturated rings. The lowest BCUT2D eigenvalue weighted by Gasteiger charge is -2.34. The second-order valence-electron chi connectivity index (χ2n) is 8.82. The number of hydrogen-bond acceptors (Lipinski definition) is 3. The minimum absolute atomic E-state index is 0.0516. The summed E-state index contributed by atoms with van der Waals surface area (Å²) in [6, 6.07) is 23.1. The summed E-state index contributed by atoms with van der Waals surface area (Å²) in [5.74, 6) is 0.0141. The van der Waals surface area contributed by atoms with E-state index >= 15 is 0 Å². The maximum atomic E-state index is 13.7. The molecule has 0 saturated carbocycles. The number of nitrogens with one attached hydrogen (secondary N) is 1. The van der Waals surface area contributed by atoms with Crippen molar-refractivity contribution in [3.8, 4) is 0 Å². The van der Waals surface area contributed by atoms with E-state index < -0.39 is 6.04 Å². The van der Waals surface area contributed by atoms with E-state index in [-0.39, 0.29) is 17.6 Å². The van der Waals surface area contributed by atoms with Gasteiger partial charge in [0.2, 0.25) is 5.91 Å². The number of anilines is 2. The molecule has 3 aromatic carbocycles. The quantitative estimate of drug-likeness (QED) is 0.474. The minimum atomic E-state index is -0.479. The number of nitrogens with zero attached hydrogens (tertiary/aromatic N) is 1. The lowest BCUT2D eigenvalue weighted by Crippen LogP contribution is -2.37. The van der Waals surface area contributed by atoms with Gasteiger partial charge in [-0.25, -0.2) is 0 Å². The van der Waals surface area contributed by atoms with Gasteiger partial charge in [-0.1, -0.05) is 65.7 Å². The summed E-state index contributed by atoms with van der Waals surface area (Å²) in [5.41, 5.74) is 6.32. The van der Waals surface area contributed by atoms with Crippen LogP contribution >= 0.6 is 11.6 Å². The summed E-state index contributed by atoms with van der Waals surface area (Å²) in [5, 5.41) is 4.22. The Kier molecular flexibility index (Phi) is 5.55. The molecule has 0 saturated heterocycles. The van der Waals surface area contributed by atoms with Crippen LogP contribution in [0.5, 0.6) is 0 Å². The highest BCUT2D eigenvalue weighted by molar-refractivity contribution is 6.30. The Hall–Kier alpha value is -3.37. The molecular weight excluding hydrogens is 432 g/mol. The standard InChI is InChI=1S/C28H25ClN2O2/c1-17-7-9-20(10-8-17)28-27-24(30-23-5-3-4-6-25(23)31(28)18(2)32)15-21(16-26(27)33)19-11-13-22(29)14-12-19/h3-14,21,28,30H,15-16H2,1-2H3/t21-,28-/m1/s1. The van der Waals surface area contributed by atoms with E-state index in [1.54, 1.807) is 11.8 Å². The maximum absolute atomic E-state index is 13.7. The van der Waals surface area contributed by atoms with Crippen molar-refractivity contribution >= 4 is 34.7 Å². The molecule has 1 aliphatic carbocycles. The highest BCUT2D eigenvalue weighted by atomic mass is 35.5. The Morgan fingerprint density at radius 1 is 0.939 bits per heavy atom. The number of amides is 1. The Balaban J connectivity index is 1.69. The summed E-state index contributed by atoms with van der Waals surface area (Å²) in [4.78, 5) is 28.5. The van der Waals surface area contributed by atoms with Crippen LogP contribution in [0.3, 0.4) is 0 Å². The first kappa shape index (κ1) is 21.5. The first-order chi connectivity index (χ1) is 15.9. The SMILES string of the molecule is CC(=O)N1c2ccccc2NC2=C(C(=O)C[C@H](c3ccc(Cl)cc3)C2)[C@H]1c1ccc(C)cc1. The van der Waals surface area contributed by atoms with Gasteiger partial charge in [-0.3, -0.25) is 14.5 Å². The monoisotopic (exact) mass is 456 g/mol. The zero-order valence-corrected chi connectivity index (χ0v) is 19.4. The van der Waals surface area contributed by atoms with Gasteiger partial charge < -0.3 is 5.32 Å². The van der Waals surface area contributed by atoms with Crippen LogP contribution in [-0.2, 0) is 9.59 Å². The molecule has 1 heterocycles. The van der Waals surface area contributed by atoms with Crippen LogP contribution < -0.4 is 10.2 Å². The van der Waals surface area contributed by atoms with Crippen molar-refractivity contribution in [1.29, 1.82) is 0 Å². The molecule has 2 aliphatic rings. The van der Waals surface area contributed by atoms with Gasteiger partial charge in [0.15, 0.2) is 5.78 Å². The molecule has 0 spiro atoms. The number of fused-ring (bicyclic) bond motifs is 1. The molecule has 3 aromatic rings. The summed E-state index contributed by atoms with van der Waals surface area (Å²) >= 11 is 6.09. The molecule has 5 heteroatoms. The van der Waals surface area contributed by atoms with Crippen molar-refractivity contribution in [3.63, 3.8) is 0 Å². The fourth-order valence-corrected chi connectivity index (χ4v) is 5.10. The van der Waals surface area contributed by atoms with Crippen LogP contribution in [0.1, 0.15) is 48.4 Å². The maximum Gasteiger partial charge on any atom is 0.224 e. The highest BCUT2D eigenvalue weighted by Gasteiger charge is 2.40. The van der Waals surface area contributed by atoms with Crippen LogP contribution in [0.4, 0.5) is 11.4 Å². The van der Waals surface area contributed by atoms with Crippen molar-refractivity contribution in [2.45, 2.75) is 38.6 Å². The van der Waals surface area contributed by atoms with Gasteiger partial charge in [0.25, 0.3) is 0 Å². The van der Waals surface area contributed by atoms with Gasteiger partial charge in [0.1, 0.15) is 0 Å². The van der Waals surface area contributed by atoms with Crippen molar-refractivity contribution in [3.05, 3.63) is 106 Å². The number of halogens is 1. The average molecular weight is 457 g/mol. The first-order valence-electron chi connectivity index (χ1n) is 11.2. The lowest BCUT2D eigenvalue weighted by atomic mass is 9.78. The molecule has 4 nitrogen and oxygen atoms in total. The molecule has 1 aliphatic heterocycles. The zero-order chi connectivity index (χ0) is 23.1. The van der Waals surface area contributed by atoms with Crippen LogP contribution in [0, 0.1) is 6.92 Å². The van der Waals surface area contributed by atoms with Gasteiger partial charge >= 0.3 is 0 Å². The predicted octanol–water partition coefficient (Wildman–Crippen LogP) is 6.57. The van der Waals surface area contributed by atoms with E-state index in [2.05, 4.69) is 5.32 Å². The first-order valence-corrected chi connectivity index (χ1v) is 11.5. The second kappa shape index (κ2) is 8.53. The molecule has 1 amide bonds. The topological polar surface area (TPSA) is 49.4 Å². The molecule has 2 atom stereocenters. The van der Waals surface area contributed by atoms with Crippen LogP contribution in [-0.4, -0.2) is 11.7 Å². The summed E-state index contributed by atoms with van der Waals surface area (Å²) in [6.07, 6.45) is 1.08. The largest absolute Gasteiger partial charge is 0.357 e. The lowest BCUT2D eigenvalue weighted by molar-refractivity contribution is -0.117. The van der Waals surface area contributed by atoms with Crippen LogP contribution in [0.15, 0.2) is 84.1 Å². The zero-order valence-electron chi connectivity index (χ0n) is 18.6. The third-order valence-electron chi connectivity index (χ3n) is 6.56. The summed E-state index contributed by atoms with van der Waals surface area (Å²) < 4.78 is 0. The van der Waals surface area contributed by atoms with E-state index in [0.29, 0.717) is 23.4 Å². The minimum Gasteiger partial charge on any atom is -0.357 e. The molecule has 33 heavy (non-hydrogen) atoms. The van der Waals surface area contributed by atoms with Crippen molar-refractivity contribution in [2.24, 2.45) is 0 Å². The molecule has 166 valence electrons. The number of hydrogen-bond donors (Lipinski definition) is 1. The van der Waals surface area contributed by atoms with Gasteiger partial charge in [-0.2, -0.15) is 0 Å². The molecule has 0 bridgehead atoms. The molecule has 5 rings (SSSR count). The highest BCUT2D eigenvalue weighted by Crippen LogP contribution is 2.47. The number of ketones is 1. The van der Waals surface area contributed by atoms with Gasteiger partial charge in [0, 0.05) is 29.6 Å². The third-order valence-corrected chi connectivity index (χ3v) is 6.81. The smallest absolute Gasteiger partial charge is 0.224 e. The van der Waals surface area contributed by atoms with Gasteiger partial charge in [0.05, 0.1) is 17.4 Å². The molecule has 1 N–H and O–H groups in total. The number of benzene rings is 3. The fraction of sp³-hybridized carbons (Fsp3) is 0.214. The Labute approximate surface area is 198 Å². The molecular formula is C28H25ClN2O2. The predicted molar refractivity (Wildman–Crippen MR) is 133 cm³/mol. The summed E-state index contributed by atoms with van der Waals surface area (Å²) in [6.45, 7) is 3.59. The number of allylic oxidation sites excluding steroid dienone is 1. The normalized spacial score (nSPS) is 20.0. The van der Waals surface area contributed by atoms with Crippen LogP contribution in [0.25, 0.3) is 0 Å². The Bertz CT molecular complexity index is 1260. The fourth-order valence-electron chi connectivity index (χ4n) is 4.97. The van der Waals surface area contributed by atoms with E-state index in [4.69, 9.17) is 11.6 Å². The van der Waals surface area contributed by atoms with E-state index in [1.165, 1.54) is 0 Å². The second-order valence-corrected chi connectivity index (χ2v) is 9.25. The van der Waals surface area contributed by atoms with E-state index in [1.807, 2.05) is 79.7 Å². The third kappa shape index (κ3) is 3.96. The van der Waals surface area contributed by atoms with Crippen molar-refractivity contribution < 1.29 is 9.59 Å². The Morgan fingerprint density at radius 3 is 2.30 bits per heavy atom. The molecule has 0 unspecified atom stereocenters. The van der Waals surface area contributed by atoms with Crippen molar-refractivity contribution in [2.75, 3.05) is 10.2 Å². The molecule has 0 aromatic heterocycles. The number of rotatable bonds is 2. The summed E-state index contributed by atoms with van der Waals surface area (Å²) in [7, 11) is 0. The van der Waals surface area contributed by atoms with E-state index in [0.717, 1.165) is 33.8 Å². The average Bonchev–Trinajstić information content (AvgIpc) is 2.94. The molecule has 0 radical (unpaired) electrons. The van der Waals surface area contributed by atoms with Gasteiger partial charge in [-0.05, 0) is 54.7 Å². The van der Waals surface area contributed by atoms with E-state index in [9.17, 15) is 9.59 Å². The Morgan fingerprint density at radius 2 is 1.61 bits per heavy atom.